The quantitative estimate of drug-likeness (QED) is 0.888. The van der Waals surface area contributed by atoms with Crippen LogP contribution in [0.1, 0.15) is 12.0 Å². The van der Waals surface area contributed by atoms with Crippen LogP contribution in [0.5, 0.6) is 0 Å². The molecule has 0 atom stereocenters. The Bertz CT molecular complexity index is 720. The minimum absolute atomic E-state index is 0.0638. The van der Waals surface area contributed by atoms with Crippen molar-refractivity contribution in [1.82, 2.24) is 14.9 Å². The van der Waals surface area contributed by atoms with Gasteiger partial charge >= 0.3 is 0 Å². The standard InChI is InChI=1S/C16H19BrN4O/c1-12-11-13(3-4-14(12)17)21-10-7-19-15(16(21)22)20-8-2-5-18-6-9-20/h3-4,7,10-11,18H,2,5-6,8-9H2,1H3. The molecule has 2 heterocycles. The Morgan fingerprint density at radius 3 is 2.95 bits per heavy atom. The van der Waals surface area contributed by atoms with Crippen LogP contribution in [-0.2, 0) is 0 Å². The molecular formula is C16H19BrN4O. The number of aromatic nitrogens is 2. The van der Waals surface area contributed by atoms with Gasteiger partial charge in [0.05, 0.1) is 0 Å². The Kier molecular flexibility index (Phi) is 4.59. The van der Waals surface area contributed by atoms with Gasteiger partial charge in [0, 0.05) is 42.2 Å². The van der Waals surface area contributed by atoms with E-state index in [1.807, 2.05) is 25.1 Å². The number of anilines is 1. The van der Waals surface area contributed by atoms with Crippen molar-refractivity contribution in [1.29, 1.82) is 0 Å². The van der Waals surface area contributed by atoms with E-state index in [0.29, 0.717) is 5.82 Å². The minimum Gasteiger partial charge on any atom is -0.351 e. The molecule has 3 rings (SSSR count). The molecule has 0 radical (unpaired) electrons. The summed E-state index contributed by atoms with van der Waals surface area (Å²) in [6.45, 7) is 5.56. The third-order valence-electron chi connectivity index (χ3n) is 3.88. The highest BCUT2D eigenvalue weighted by Gasteiger charge is 2.16. The summed E-state index contributed by atoms with van der Waals surface area (Å²) in [7, 11) is 0. The smallest absolute Gasteiger partial charge is 0.298 e. The molecule has 0 spiro atoms. The number of aryl methyl sites for hydroxylation is 1. The average Bonchev–Trinajstić information content (AvgIpc) is 2.79. The summed E-state index contributed by atoms with van der Waals surface area (Å²) >= 11 is 3.49. The van der Waals surface area contributed by atoms with Gasteiger partial charge in [-0.3, -0.25) is 9.36 Å². The first kappa shape index (κ1) is 15.2. The van der Waals surface area contributed by atoms with Crippen LogP contribution in [0.2, 0.25) is 0 Å². The zero-order valence-corrected chi connectivity index (χ0v) is 14.1. The van der Waals surface area contributed by atoms with Gasteiger partial charge in [0.2, 0.25) is 0 Å². The Morgan fingerprint density at radius 2 is 2.14 bits per heavy atom. The van der Waals surface area contributed by atoms with Crippen molar-refractivity contribution in [2.75, 3.05) is 31.1 Å². The molecule has 0 aliphatic carbocycles. The molecule has 0 saturated carbocycles. The molecule has 0 unspecified atom stereocenters. The van der Waals surface area contributed by atoms with E-state index in [1.54, 1.807) is 17.0 Å². The Hall–Kier alpha value is -1.66. The lowest BCUT2D eigenvalue weighted by atomic mass is 10.2. The second-order valence-corrected chi connectivity index (χ2v) is 6.30. The number of hydrogen-bond acceptors (Lipinski definition) is 4. The number of rotatable bonds is 2. The average molecular weight is 363 g/mol. The fourth-order valence-electron chi connectivity index (χ4n) is 2.66. The molecule has 0 bridgehead atoms. The fraction of sp³-hybridized carbons (Fsp3) is 0.375. The highest BCUT2D eigenvalue weighted by atomic mass is 79.9. The highest BCUT2D eigenvalue weighted by Crippen LogP contribution is 2.19. The van der Waals surface area contributed by atoms with E-state index in [1.165, 1.54) is 0 Å². The molecule has 1 saturated heterocycles. The van der Waals surface area contributed by atoms with E-state index in [-0.39, 0.29) is 5.56 Å². The third kappa shape index (κ3) is 3.08. The van der Waals surface area contributed by atoms with Crippen molar-refractivity contribution in [3.8, 4) is 5.69 Å². The molecule has 1 aliphatic rings. The van der Waals surface area contributed by atoms with E-state index < -0.39 is 0 Å². The van der Waals surface area contributed by atoms with Gasteiger partial charge in [0.25, 0.3) is 5.56 Å². The molecular weight excluding hydrogens is 344 g/mol. The molecule has 1 aliphatic heterocycles. The van der Waals surface area contributed by atoms with Gasteiger partial charge in [-0.05, 0) is 43.7 Å². The molecule has 0 amide bonds. The van der Waals surface area contributed by atoms with Crippen molar-refractivity contribution in [2.24, 2.45) is 0 Å². The normalized spacial score (nSPS) is 15.6. The first-order valence-electron chi connectivity index (χ1n) is 7.46. The second-order valence-electron chi connectivity index (χ2n) is 5.45. The summed E-state index contributed by atoms with van der Waals surface area (Å²) in [5.41, 5.74) is 1.90. The summed E-state index contributed by atoms with van der Waals surface area (Å²) in [6, 6.07) is 5.90. The van der Waals surface area contributed by atoms with Crippen LogP contribution in [0.4, 0.5) is 5.82 Å². The van der Waals surface area contributed by atoms with Crippen LogP contribution in [0.3, 0.4) is 0 Å². The first-order chi connectivity index (χ1) is 10.7. The highest BCUT2D eigenvalue weighted by molar-refractivity contribution is 9.10. The van der Waals surface area contributed by atoms with Crippen molar-refractivity contribution >= 4 is 21.7 Å². The molecule has 6 heteroatoms. The van der Waals surface area contributed by atoms with Gasteiger partial charge < -0.3 is 10.2 Å². The summed E-state index contributed by atoms with van der Waals surface area (Å²) in [4.78, 5) is 19.2. The van der Waals surface area contributed by atoms with Gasteiger partial charge in [-0.15, -0.1) is 0 Å². The van der Waals surface area contributed by atoms with Gasteiger partial charge in [-0.1, -0.05) is 15.9 Å². The second kappa shape index (κ2) is 6.62. The summed E-state index contributed by atoms with van der Waals surface area (Å²) < 4.78 is 2.71. The molecule has 1 aromatic heterocycles. The van der Waals surface area contributed by atoms with Crippen molar-refractivity contribution in [2.45, 2.75) is 13.3 Å². The zero-order valence-electron chi connectivity index (χ0n) is 12.6. The monoisotopic (exact) mass is 362 g/mol. The van der Waals surface area contributed by atoms with E-state index in [9.17, 15) is 4.79 Å². The molecule has 1 N–H and O–H groups in total. The van der Waals surface area contributed by atoms with Crippen LogP contribution in [0, 0.1) is 6.92 Å². The summed E-state index contributed by atoms with van der Waals surface area (Å²) in [6.07, 6.45) is 4.45. The van der Waals surface area contributed by atoms with Gasteiger partial charge in [0.15, 0.2) is 5.82 Å². The van der Waals surface area contributed by atoms with E-state index in [4.69, 9.17) is 0 Å². The molecule has 5 nitrogen and oxygen atoms in total. The predicted octanol–water partition coefficient (Wildman–Crippen LogP) is 2.10. The summed E-state index contributed by atoms with van der Waals surface area (Å²) in [5.74, 6) is 0.534. The van der Waals surface area contributed by atoms with Crippen LogP contribution in [0.15, 0.2) is 39.9 Å². The molecule has 116 valence electrons. The lowest BCUT2D eigenvalue weighted by molar-refractivity contribution is 0.724. The van der Waals surface area contributed by atoms with Gasteiger partial charge in [0.1, 0.15) is 0 Å². The predicted molar refractivity (Wildman–Crippen MR) is 92.0 cm³/mol. The molecule has 22 heavy (non-hydrogen) atoms. The number of nitrogens with zero attached hydrogens (tertiary/aromatic N) is 3. The maximum Gasteiger partial charge on any atom is 0.298 e. The summed E-state index contributed by atoms with van der Waals surface area (Å²) in [5, 5.41) is 3.34. The molecule has 1 aromatic carbocycles. The van der Waals surface area contributed by atoms with Crippen LogP contribution in [0.25, 0.3) is 5.69 Å². The van der Waals surface area contributed by atoms with E-state index in [0.717, 1.165) is 48.3 Å². The first-order valence-corrected chi connectivity index (χ1v) is 8.26. The van der Waals surface area contributed by atoms with E-state index >= 15 is 0 Å². The lowest BCUT2D eigenvalue weighted by Crippen LogP contribution is -2.35. The van der Waals surface area contributed by atoms with Crippen molar-refractivity contribution < 1.29 is 0 Å². The fourth-order valence-corrected chi connectivity index (χ4v) is 2.90. The number of benzene rings is 1. The lowest BCUT2D eigenvalue weighted by Gasteiger charge is -2.21. The number of halogens is 1. The zero-order chi connectivity index (χ0) is 15.5. The Morgan fingerprint density at radius 1 is 1.27 bits per heavy atom. The SMILES string of the molecule is Cc1cc(-n2ccnc(N3CCCNCC3)c2=O)ccc1Br. The van der Waals surface area contributed by atoms with Gasteiger partial charge in [-0.2, -0.15) is 0 Å². The molecule has 2 aromatic rings. The van der Waals surface area contributed by atoms with Crippen molar-refractivity contribution in [3.63, 3.8) is 0 Å². The number of nitrogens with one attached hydrogen (secondary N) is 1. The van der Waals surface area contributed by atoms with Crippen LogP contribution < -0.4 is 15.8 Å². The van der Waals surface area contributed by atoms with Gasteiger partial charge in [-0.25, -0.2) is 4.98 Å². The van der Waals surface area contributed by atoms with Crippen molar-refractivity contribution in [3.05, 3.63) is 51.0 Å². The van der Waals surface area contributed by atoms with Crippen LogP contribution >= 0.6 is 15.9 Å². The largest absolute Gasteiger partial charge is 0.351 e. The maximum absolute atomic E-state index is 12.8. The minimum atomic E-state index is -0.0638. The third-order valence-corrected chi connectivity index (χ3v) is 4.77. The molecule has 1 fully saturated rings. The Balaban J connectivity index is 2.01. The topological polar surface area (TPSA) is 50.2 Å². The van der Waals surface area contributed by atoms with E-state index in [2.05, 4.69) is 31.1 Å². The number of hydrogen-bond donors (Lipinski definition) is 1. The Labute approximate surface area is 138 Å². The maximum atomic E-state index is 12.8. The van der Waals surface area contributed by atoms with Crippen LogP contribution in [-0.4, -0.2) is 35.7 Å².